The third-order valence-corrected chi connectivity index (χ3v) is 4.08. The van der Waals surface area contributed by atoms with Crippen LogP contribution in [0.4, 0.5) is 10.1 Å². The highest BCUT2D eigenvalue weighted by Crippen LogP contribution is 2.21. The molecule has 0 N–H and O–H groups in total. The van der Waals surface area contributed by atoms with Crippen LogP contribution in [0.5, 0.6) is 5.88 Å². The fourth-order valence-electron chi connectivity index (χ4n) is 2.73. The first-order valence-electron chi connectivity index (χ1n) is 7.89. The van der Waals surface area contributed by atoms with E-state index in [0.717, 1.165) is 5.56 Å². The summed E-state index contributed by atoms with van der Waals surface area (Å²) in [6, 6.07) is 9.22. The van der Waals surface area contributed by atoms with Crippen molar-refractivity contribution in [2.24, 2.45) is 0 Å². The van der Waals surface area contributed by atoms with E-state index in [0.29, 0.717) is 24.7 Å². The van der Waals surface area contributed by atoms with Gasteiger partial charge in [-0.25, -0.2) is 9.37 Å². The smallest absolute Gasteiger partial charge is 0.246 e. The van der Waals surface area contributed by atoms with Crippen molar-refractivity contribution in [3.63, 3.8) is 0 Å². The summed E-state index contributed by atoms with van der Waals surface area (Å²) in [5, 5.41) is 0. The van der Waals surface area contributed by atoms with Crippen molar-refractivity contribution in [3.8, 4) is 5.88 Å². The molecular formula is C18H18FN3O3. The highest BCUT2D eigenvalue weighted by atomic mass is 19.1. The van der Waals surface area contributed by atoms with Gasteiger partial charge in [0.15, 0.2) is 0 Å². The summed E-state index contributed by atoms with van der Waals surface area (Å²) in [6.45, 7) is 0.863. The predicted octanol–water partition coefficient (Wildman–Crippen LogP) is 1.65. The number of methoxy groups -OCH3 is 1. The lowest BCUT2D eigenvalue weighted by atomic mass is 10.1. The van der Waals surface area contributed by atoms with Crippen molar-refractivity contribution in [2.45, 2.75) is 6.42 Å². The Morgan fingerprint density at radius 3 is 2.68 bits per heavy atom. The normalized spacial score (nSPS) is 14.6. The van der Waals surface area contributed by atoms with Gasteiger partial charge in [-0.2, -0.15) is 0 Å². The van der Waals surface area contributed by atoms with Crippen LogP contribution in [0.15, 0.2) is 42.6 Å². The molecule has 0 spiro atoms. The quantitative estimate of drug-likeness (QED) is 0.847. The largest absolute Gasteiger partial charge is 0.481 e. The molecule has 1 aliphatic heterocycles. The Labute approximate surface area is 144 Å². The monoisotopic (exact) mass is 343 g/mol. The molecule has 1 saturated heterocycles. The molecule has 6 nitrogen and oxygen atoms in total. The van der Waals surface area contributed by atoms with Crippen LogP contribution in [0.3, 0.4) is 0 Å². The average Bonchev–Trinajstić information content (AvgIpc) is 2.63. The summed E-state index contributed by atoms with van der Waals surface area (Å²) in [5.41, 5.74) is 1.42. The molecule has 0 bridgehead atoms. The number of ether oxygens (including phenoxy) is 1. The molecule has 130 valence electrons. The van der Waals surface area contributed by atoms with E-state index in [9.17, 15) is 14.0 Å². The highest BCUT2D eigenvalue weighted by molar-refractivity contribution is 5.98. The lowest BCUT2D eigenvalue weighted by Gasteiger charge is -2.34. The molecule has 0 unspecified atom stereocenters. The Bertz CT molecular complexity index is 779. The van der Waals surface area contributed by atoms with Gasteiger partial charge in [0.25, 0.3) is 0 Å². The molecule has 2 aromatic rings. The Morgan fingerprint density at radius 1 is 1.24 bits per heavy atom. The van der Waals surface area contributed by atoms with Crippen molar-refractivity contribution in [1.29, 1.82) is 0 Å². The Kier molecular flexibility index (Phi) is 4.92. The van der Waals surface area contributed by atoms with Crippen molar-refractivity contribution in [1.82, 2.24) is 9.88 Å². The van der Waals surface area contributed by atoms with Crippen LogP contribution in [-0.2, 0) is 16.0 Å². The van der Waals surface area contributed by atoms with Crippen LogP contribution in [0, 0.1) is 5.82 Å². The van der Waals surface area contributed by atoms with E-state index in [-0.39, 0.29) is 30.6 Å². The van der Waals surface area contributed by atoms with Crippen LogP contribution >= 0.6 is 0 Å². The number of rotatable bonds is 4. The number of amides is 2. The first-order chi connectivity index (χ1) is 12.1. The fourth-order valence-corrected chi connectivity index (χ4v) is 2.73. The zero-order chi connectivity index (χ0) is 17.8. The molecule has 0 radical (unpaired) electrons. The minimum atomic E-state index is -0.340. The van der Waals surface area contributed by atoms with Gasteiger partial charge in [-0.05, 0) is 23.8 Å². The zero-order valence-electron chi connectivity index (χ0n) is 13.8. The van der Waals surface area contributed by atoms with Crippen LogP contribution in [0.2, 0.25) is 0 Å². The standard InChI is InChI=1S/C18H18FN3O3/c1-25-16-11-15(6-7-20-16)22-9-8-21(12-18(22)24)17(23)10-13-2-4-14(19)5-3-13/h2-7,11H,8-10,12H2,1H3. The molecule has 1 aromatic carbocycles. The molecule has 1 aromatic heterocycles. The Morgan fingerprint density at radius 2 is 2.00 bits per heavy atom. The van der Waals surface area contributed by atoms with Gasteiger partial charge in [0.1, 0.15) is 12.4 Å². The summed E-state index contributed by atoms with van der Waals surface area (Å²) in [5.74, 6) is -0.216. The van der Waals surface area contributed by atoms with Crippen molar-refractivity contribution in [3.05, 3.63) is 54.0 Å². The van der Waals surface area contributed by atoms with Gasteiger partial charge < -0.3 is 14.5 Å². The molecule has 2 heterocycles. The summed E-state index contributed by atoms with van der Waals surface area (Å²) in [7, 11) is 1.51. The number of nitrogens with zero attached hydrogens (tertiary/aromatic N) is 3. The van der Waals surface area contributed by atoms with E-state index in [1.165, 1.54) is 24.1 Å². The van der Waals surface area contributed by atoms with Gasteiger partial charge in [-0.15, -0.1) is 0 Å². The van der Waals surface area contributed by atoms with Gasteiger partial charge in [0.2, 0.25) is 17.7 Å². The predicted molar refractivity (Wildman–Crippen MR) is 89.8 cm³/mol. The molecule has 7 heteroatoms. The summed E-state index contributed by atoms with van der Waals surface area (Å²) < 4.78 is 18.0. The van der Waals surface area contributed by atoms with E-state index in [1.807, 2.05) is 0 Å². The van der Waals surface area contributed by atoms with E-state index in [2.05, 4.69) is 4.98 Å². The molecule has 0 saturated carbocycles. The molecule has 1 fully saturated rings. The number of benzene rings is 1. The zero-order valence-corrected chi connectivity index (χ0v) is 13.8. The maximum absolute atomic E-state index is 12.9. The van der Waals surface area contributed by atoms with Gasteiger partial charge in [0, 0.05) is 25.4 Å². The average molecular weight is 343 g/mol. The maximum atomic E-state index is 12.9. The van der Waals surface area contributed by atoms with E-state index < -0.39 is 0 Å². The topological polar surface area (TPSA) is 62.7 Å². The summed E-state index contributed by atoms with van der Waals surface area (Å²) in [4.78, 5) is 32.0. The first-order valence-corrected chi connectivity index (χ1v) is 7.89. The van der Waals surface area contributed by atoms with Gasteiger partial charge >= 0.3 is 0 Å². The Balaban J connectivity index is 1.63. The summed E-state index contributed by atoms with van der Waals surface area (Å²) >= 11 is 0. The number of anilines is 1. The lowest BCUT2D eigenvalue weighted by Crippen LogP contribution is -2.52. The number of carbonyl (C=O) groups excluding carboxylic acids is 2. The van der Waals surface area contributed by atoms with Crippen LogP contribution in [0.1, 0.15) is 5.56 Å². The maximum Gasteiger partial charge on any atom is 0.246 e. The van der Waals surface area contributed by atoms with E-state index in [1.54, 1.807) is 35.4 Å². The number of pyridine rings is 1. The van der Waals surface area contributed by atoms with Gasteiger partial charge in [0.05, 0.1) is 19.2 Å². The minimum Gasteiger partial charge on any atom is -0.481 e. The van der Waals surface area contributed by atoms with Crippen LogP contribution in [-0.4, -0.2) is 48.4 Å². The molecule has 0 aliphatic carbocycles. The molecule has 25 heavy (non-hydrogen) atoms. The van der Waals surface area contributed by atoms with Crippen molar-refractivity contribution >= 4 is 17.5 Å². The third kappa shape index (κ3) is 3.93. The second kappa shape index (κ2) is 7.29. The third-order valence-electron chi connectivity index (χ3n) is 4.08. The Hall–Kier alpha value is -2.96. The molecular weight excluding hydrogens is 325 g/mol. The fraction of sp³-hybridized carbons (Fsp3) is 0.278. The van der Waals surface area contributed by atoms with Crippen molar-refractivity contribution in [2.75, 3.05) is 31.6 Å². The molecule has 3 rings (SSSR count). The lowest BCUT2D eigenvalue weighted by molar-refractivity contribution is -0.136. The van der Waals surface area contributed by atoms with E-state index in [4.69, 9.17) is 4.74 Å². The molecule has 0 atom stereocenters. The number of halogens is 1. The number of piperazine rings is 1. The number of aromatic nitrogens is 1. The van der Waals surface area contributed by atoms with Crippen LogP contribution < -0.4 is 9.64 Å². The second-order valence-electron chi connectivity index (χ2n) is 5.72. The molecule has 2 amide bonds. The number of carbonyl (C=O) groups is 2. The van der Waals surface area contributed by atoms with Gasteiger partial charge in [-0.1, -0.05) is 12.1 Å². The van der Waals surface area contributed by atoms with Crippen molar-refractivity contribution < 1.29 is 18.7 Å². The first kappa shape index (κ1) is 16.9. The number of hydrogen-bond donors (Lipinski definition) is 0. The molecule has 1 aliphatic rings. The van der Waals surface area contributed by atoms with Crippen LogP contribution in [0.25, 0.3) is 0 Å². The second-order valence-corrected chi connectivity index (χ2v) is 5.72. The highest BCUT2D eigenvalue weighted by Gasteiger charge is 2.28. The summed E-state index contributed by atoms with van der Waals surface area (Å²) in [6.07, 6.45) is 1.73. The number of hydrogen-bond acceptors (Lipinski definition) is 4. The van der Waals surface area contributed by atoms with E-state index >= 15 is 0 Å². The minimum absolute atomic E-state index is 0.0185. The van der Waals surface area contributed by atoms with Gasteiger partial charge in [-0.3, -0.25) is 9.59 Å². The SMILES string of the molecule is COc1cc(N2CCN(C(=O)Cc3ccc(F)cc3)CC2=O)ccn1.